The second kappa shape index (κ2) is 12.2. The second-order valence-corrected chi connectivity index (χ2v) is 8.30. The van der Waals surface area contributed by atoms with Crippen molar-refractivity contribution in [1.82, 2.24) is 14.9 Å². The van der Waals surface area contributed by atoms with E-state index in [0.29, 0.717) is 19.1 Å². The molecule has 6 heteroatoms. The highest BCUT2D eigenvalue weighted by molar-refractivity contribution is 5.77. The molecule has 0 fully saturated rings. The molecule has 1 amide bonds. The van der Waals surface area contributed by atoms with Crippen molar-refractivity contribution in [2.24, 2.45) is 0 Å². The van der Waals surface area contributed by atoms with Gasteiger partial charge < -0.3 is 19.4 Å². The van der Waals surface area contributed by atoms with Crippen LogP contribution in [0.4, 0.5) is 0 Å². The Morgan fingerprint density at radius 2 is 1.84 bits per heavy atom. The normalized spacial score (nSPS) is 11.2. The number of amides is 1. The molecule has 172 valence electrons. The molecular weight excluding hydrogens is 402 g/mol. The van der Waals surface area contributed by atoms with Gasteiger partial charge in [0, 0.05) is 20.1 Å². The van der Waals surface area contributed by atoms with Crippen molar-refractivity contribution < 1.29 is 14.3 Å². The highest BCUT2D eigenvalue weighted by Crippen LogP contribution is 2.26. The average molecular weight is 438 g/mol. The molecule has 0 saturated carbocycles. The summed E-state index contributed by atoms with van der Waals surface area (Å²) in [6.45, 7) is 6.53. The van der Waals surface area contributed by atoms with Crippen LogP contribution in [-0.4, -0.2) is 42.3 Å². The van der Waals surface area contributed by atoms with Gasteiger partial charge in [0.2, 0.25) is 5.91 Å². The highest BCUT2D eigenvalue weighted by atomic mass is 16.5. The number of unbranched alkanes of at least 4 members (excludes halogenated alkanes) is 2. The maximum Gasteiger partial charge on any atom is 0.245 e. The number of para-hydroxylation sites is 3. The number of imidazole rings is 1. The Morgan fingerprint density at radius 3 is 2.66 bits per heavy atom. The molecule has 3 aromatic rings. The van der Waals surface area contributed by atoms with Crippen LogP contribution in [0.3, 0.4) is 0 Å². The number of benzene rings is 2. The largest absolute Gasteiger partial charge is 0.491 e. The van der Waals surface area contributed by atoms with Gasteiger partial charge in [-0.15, -0.1) is 0 Å². The summed E-state index contributed by atoms with van der Waals surface area (Å²) in [6.07, 6.45) is 3.92. The molecule has 0 unspecified atom stereocenters. The lowest BCUT2D eigenvalue weighted by Gasteiger charge is -2.15. The first-order valence-corrected chi connectivity index (χ1v) is 11.5. The second-order valence-electron chi connectivity index (χ2n) is 8.30. The molecule has 1 aromatic heterocycles. The molecule has 6 nitrogen and oxygen atoms in total. The summed E-state index contributed by atoms with van der Waals surface area (Å²) in [6, 6.07) is 16.5. The quantitative estimate of drug-likeness (QED) is 0.393. The van der Waals surface area contributed by atoms with Gasteiger partial charge in [0.05, 0.1) is 17.6 Å². The Labute approximate surface area is 190 Å². The highest BCUT2D eigenvalue weighted by Gasteiger charge is 2.12. The van der Waals surface area contributed by atoms with E-state index >= 15 is 0 Å². The van der Waals surface area contributed by atoms with Gasteiger partial charge in [-0.2, -0.15) is 0 Å². The summed E-state index contributed by atoms with van der Waals surface area (Å²) in [4.78, 5) is 16.3. The van der Waals surface area contributed by atoms with Gasteiger partial charge in [0.15, 0.2) is 0 Å². The first-order chi connectivity index (χ1) is 15.6. The van der Waals surface area contributed by atoms with E-state index in [0.717, 1.165) is 54.8 Å². The number of methoxy groups -OCH3 is 1. The van der Waals surface area contributed by atoms with Crippen LogP contribution >= 0.6 is 0 Å². The number of hydrogen-bond donors (Lipinski definition) is 1. The zero-order chi connectivity index (χ0) is 22.8. The number of rotatable bonds is 13. The number of carbonyl (C=O) groups is 1. The van der Waals surface area contributed by atoms with Crippen molar-refractivity contribution in [3.8, 4) is 5.75 Å². The Balaban J connectivity index is 1.57. The zero-order valence-corrected chi connectivity index (χ0v) is 19.5. The van der Waals surface area contributed by atoms with Gasteiger partial charge >= 0.3 is 0 Å². The summed E-state index contributed by atoms with van der Waals surface area (Å²) in [7, 11) is 1.53. The van der Waals surface area contributed by atoms with E-state index in [1.807, 2.05) is 18.2 Å². The fraction of sp³-hybridized carbons (Fsp3) is 0.462. The molecule has 0 radical (unpaired) electrons. The lowest BCUT2D eigenvalue weighted by Crippen LogP contribution is -2.27. The maximum atomic E-state index is 11.4. The number of aryl methyl sites for hydroxylation is 1. The van der Waals surface area contributed by atoms with E-state index in [4.69, 9.17) is 14.5 Å². The topological polar surface area (TPSA) is 65.4 Å². The fourth-order valence-corrected chi connectivity index (χ4v) is 3.90. The SMILES string of the molecule is COCC(=O)NCCCCCc1nc2ccccc2n1CCOc1ccccc1C(C)C. The number of carbonyl (C=O) groups excluding carboxylic acids is 1. The molecule has 2 aromatic carbocycles. The summed E-state index contributed by atoms with van der Waals surface area (Å²) < 4.78 is 13.3. The van der Waals surface area contributed by atoms with Crippen molar-refractivity contribution in [3.63, 3.8) is 0 Å². The molecular formula is C26H35N3O3. The summed E-state index contributed by atoms with van der Waals surface area (Å²) in [5, 5.41) is 2.87. The van der Waals surface area contributed by atoms with Crippen LogP contribution in [0.5, 0.6) is 5.75 Å². The van der Waals surface area contributed by atoms with Crippen molar-refractivity contribution in [3.05, 3.63) is 59.9 Å². The van der Waals surface area contributed by atoms with Crippen LogP contribution in [0.2, 0.25) is 0 Å². The van der Waals surface area contributed by atoms with Gasteiger partial charge in [0.1, 0.15) is 24.8 Å². The Kier molecular flexibility index (Phi) is 9.11. The van der Waals surface area contributed by atoms with Gasteiger partial charge in [0.25, 0.3) is 0 Å². The molecule has 3 rings (SSSR count). The van der Waals surface area contributed by atoms with E-state index < -0.39 is 0 Å². The zero-order valence-electron chi connectivity index (χ0n) is 19.5. The lowest BCUT2D eigenvalue weighted by molar-refractivity contribution is -0.124. The number of aromatic nitrogens is 2. The molecule has 0 spiro atoms. The van der Waals surface area contributed by atoms with Crippen molar-refractivity contribution in [1.29, 1.82) is 0 Å². The van der Waals surface area contributed by atoms with Gasteiger partial charge in [-0.05, 0) is 42.5 Å². The van der Waals surface area contributed by atoms with Gasteiger partial charge in [-0.1, -0.05) is 50.6 Å². The van der Waals surface area contributed by atoms with Crippen LogP contribution < -0.4 is 10.1 Å². The molecule has 0 aliphatic heterocycles. The number of nitrogens with one attached hydrogen (secondary N) is 1. The Bertz CT molecular complexity index is 997. The summed E-state index contributed by atoms with van der Waals surface area (Å²) in [5.74, 6) is 2.42. The molecule has 0 bridgehead atoms. The van der Waals surface area contributed by atoms with Crippen LogP contribution in [0.1, 0.15) is 50.4 Å². The van der Waals surface area contributed by atoms with Crippen LogP contribution in [0.15, 0.2) is 48.5 Å². The van der Waals surface area contributed by atoms with Crippen LogP contribution in [0, 0.1) is 0 Å². The third-order valence-corrected chi connectivity index (χ3v) is 5.52. The predicted molar refractivity (Wildman–Crippen MR) is 128 cm³/mol. The minimum atomic E-state index is -0.0617. The monoisotopic (exact) mass is 437 g/mol. The number of fused-ring (bicyclic) bond motifs is 1. The van der Waals surface area contributed by atoms with Crippen LogP contribution in [0.25, 0.3) is 11.0 Å². The van der Waals surface area contributed by atoms with Gasteiger partial charge in [-0.3, -0.25) is 4.79 Å². The van der Waals surface area contributed by atoms with E-state index in [1.54, 1.807) is 0 Å². The summed E-state index contributed by atoms with van der Waals surface area (Å²) >= 11 is 0. The molecule has 32 heavy (non-hydrogen) atoms. The first kappa shape index (κ1) is 23.8. The Morgan fingerprint density at radius 1 is 1.06 bits per heavy atom. The predicted octanol–water partition coefficient (Wildman–Crippen LogP) is 4.71. The van der Waals surface area contributed by atoms with E-state index in [1.165, 1.54) is 12.7 Å². The molecule has 0 atom stereocenters. The molecule has 1 N–H and O–H groups in total. The van der Waals surface area contributed by atoms with E-state index in [9.17, 15) is 4.79 Å². The third kappa shape index (κ3) is 6.57. The number of ether oxygens (including phenoxy) is 2. The lowest BCUT2D eigenvalue weighted by atomic mass is 10.0. The standard InChI is InChI=1S/C26H35N3O3/c1-20(2)21-11-6-9-14-24(21)32-18-17-29-23-13-8-7-12-22(23)28-25(29)15-5-4-10-16-27-26(30)19-31-3/h6-9,11-14,20H,4-5,10,15-19H2,1-3H3,(H,27,30). The van der Waals surface area contributed by atoms with Crippen molar-refractivity contribution in [2.75, 3.05) is 26.9 Å². The number of hydrogen-bond acceptors (Lipinski definition) is 4. The van der Waals surface area contributed by atoms with E-state index in [2.05, 4.69) is 54.1 Å². The maximum absolute atomic E-state index is 11.4. The number of nitrogens with zero attached hydrogens (tertiary/aromatic N) is 2. The molecule has 0 aliphatic rings. The van der Waals surface area contributed by atoms with Crippen molar-refractivity contribution in [2.45, 2.75) is 52.0 Å². The van der Waals surface area contributed by atoms with Crippen molar-refractivity contribution >= 4 is 16.9 Å². The first-order valence-electron chi connectivity index (χ1n) is 11.5. The fourth-order valence-electron chi connectivity index (χ4n) is 3.90. The third-order valence-electron chi connectivity index (χ3n) is 5.52. The molecule has 1 heterocycles. The molecule has 0 saturated heterocycles. The molecule has 0 aliphatic carbocycles. The minimum Gasteiger partial charge on any atom is -0.491 e. The smallest absolute Gasteiger partial charge is 0.245 e. The average Bonchev–Trinajstić information content (AvgIpc) is 3.14. The van der Waals surface area contributed by atoms with Crippen LogP contribution in [-0.2, 0) is 22.5 Å². The van der Waals surface area contributed by atoms with E-state index in [-0.39, 0.29) is 12.5 Å². The minimum absolute atomic E-state index is 0.0617. The summed E-state index contributed by atoms with van der Waals surface area (Å²) in [5.41, 5.74) is 3.41. The van der Waals surface area contributed by atoms with Gasteiger partial charge in [-0.25, -0.2) is 4.98 Å². The Hall–Kier alpha value is -2.86.